The van der Waals surface area contributed by atoms with Crippen molar-refractivity contribution in [2.24, 2.45) is 0 Å². The molecule has 0 aliphatic heterocycles. The highest BCUT2D eigenvalue weighted by Crippen LogP contribution is 2.16. The first-order chi connectivity index (χ1) is 14.6. The number of nitrogens with zero attached hydrogens (tertiary/aromatic N) is 1. The van der Waals surface area contributed by atoms with Crippen LogP contribution >= 0.6 is 11.3 Å². The lowest BCUT2D eigenvalue weighted by molar-refractivity contribution is -0.115. The normalized spacial score (nSPS) is 11.6. The molecule has 8 heteroatoms. The van der Waals surface area contributed by atoms with E-state index in [1.54, 1.807) is 5.38 Å². The van der Waals surface area contributed by atoms with E-state index in [1.165, 1.54) is 11.3 Å². The van der Waals surface area contributed by atoms with E-state index in [-0.39, 0.29) is 12.3 Å². The van der Waals surface area contributed by atoms with Crippen LogP contribution in [0.15, 0.2) is 60.0 Å². The van der Waals surface area contributed by atoms with E-state index in [1.807, 2.05) is 54.6 Å². The smallest absolute Gasteiger partial charge is 0.230 e. The summed E-state index contributed by atoms with van der Waals surface area (Å²) in [7, 11) is 0. The minimum absolute atomic E-state index is 0.145. The second kappa shape index (κ2) is 11.2. The Balaban J connectivity index is 1.38. The molecule has 1 heterocycles. The maximum atomic E-state index is 12.2. The van der Waals surface area contributed by atoms with E-state index < -0.39 is 6.10 Å². The van der Waals surface area contributed by atoms with Crippen LogP contribution in [0, 0.1) is 0 Å². The quantitative estimate of drug-likeness (QED) is 0.280. The van der Waals surface area contributed by atoms with Crippen LogP contribution in [-0.2, 0) is 22.4 Å². The average molecular weight is 425 g/mol. The van der Waals surface area contributed by atoms with Gasteiger partial charge in [-0.05, 0) is 36.2 Å². The lowest BCUT2D eigenvalue weighted by Crippen LogP contribution is -2.23. The zero-order valence-electron chi connectivity index (χ0n) is 16.4. The van der Waals surface area contributed by atoms with Gasteiger partial charge in [0.05, 0.1) is 18.2 Å². The summed E-state index contributed by atoms with van der Waals surface area (Å²) in [6.07, 6.45) is 1.01. The van der Waals surface area contributed by atoms with Crippen molar-refractivity contribution in [2.45, 2.75) is 18.9 Å². The molecule has 0 saturated carbocycles. The number of nitrogens with one attached hydrogen (secondary N) is 3. The molecule has 2 amide bonds. The van der Waals surface area contributed by atoms with E-state index >= 15 is 0 Å². The highest BCUT2D eigenvalue weighted by Gasteiger charge is 2.09. The van der Waals surface area contributed by atoms with Crippen molar-refractivity contribution in [3.63, 3.8) is 0 Å². The van der Waals surface area contributed by atoms with Crippen molar-refractivity contribution in [1.82, 2.24) is 10.3 Å². The molecule has 0 bridgehead atoms. The zero-order valence-corrected chi connectivity index (χ0v) is 17.2. The minimum Gasteiger partial charge on any atom is -0.387 e. The van der Waals surface area contributed by atoms with Crippen LogP contribution in [-0.4, -0.2) is 35.5 Å². The number of hydrogen-bond donors (Lipinski definition) is 4. The molecule has 3 rings (SSSR count). The molecular weight excluding hydrogens is 400 g/mol. The van der Waals surface area contributed by atoms with Gasteiger partial charge in [0, 0.05) is 17.6 Å². The molecule has 3 aromatic rings. The molecule has 0 spiro atoms. The van der Waals surface area contributed by atoms with E-state index in [0.29, 0.717) is 23.8 Å². The Morgan fingerprint density at radius 1 is 1.13 bits per heavy atom. The van der Waals surface area contributed by atoms with Gasteiger partial charge in [0.25, 0.3) is 0 Å². The summed E-state index contributed by atoms with van der Waals surface area (Å²) in [5, 5.41) is 20.9. The van der Waals surface area contributed by atoms with E-state index in [4.69, 9.17) is 0 Å². The van der Waals surface area contributed by atoms with Gasteiger partial charge in [-0.25, -0.2) is 4.98 Å². The third-order valence-corrected chi connectivity index (χ3v) is 5.25. The zero-order chi connectivity index (χ0) is 21.2. The fourth-order valence-corrected chi connectivity index (χ4v) is 3.56. The van der Waals surface area contributed by atoms with Crippen molar-refractivity contribution in [1.29, 1.82) is 0 Å². The van der Waals surface area contributed by atoms with Crippen molar-refractivity contribution in [3.05, 3.63) is 76.8 Å². The molecule has 0 aliphatic rings. The van der Waals surface area contributed by atoms with Crippen LogP contribution in [0.3, 0.4) is 0 Å². The van der Waals surface area contributed by atoms with Gasteiger partial charge in [-0.2, -0.15) is 0 Å². The van der Waals surface area contributed by atoms with Crippen LogP contribution in [0.5, 0.6) is 0 Å². The monoisotopic (exact) mass is 424 g/mol. The highest BCUT2D eigenvalue weighted by molar-refractivity contribution is 7.13. The van der Waals surface area contributed by atoms with Crippen LogP contribution in [0.1, 0.15) is 22.9 Å². The third kappa shape index (κ3) is 6.77. The predicted octanol–water partition coefficient (Wildman–Crippen LogP) is 2.76. The molecule has 0 saturated heterocycles. The standard InChI is InChI=1S/C22H24N4O3S/c27-15-24-22-26-19(14-30-22)12-21(29)25-18-8-6-16(7-9-18)10-11-23-13-20(28)17-4-2-1-3-5-17/h1-9,14-15,20,23,28H,10-13H2,(H,25,29)(H,24,26,27)/t20-/m0/s1. The van der Waals surface area contributed by atoms with Gasteiger partial charge in [-0.3, -0.25) is 9.59 Å². The molecule has 2 aromatic carbocycles. The average Bonchev–Trinajstić information content (AvgIpc) is 3.19. The van der Waals surface area contributed by atoms with Crippen molar-refractivity contribution >= 4 is 34.5 Å². The van der Waals surface area contributed by atoms with Gasteiger partial charge in [0.15, 0.2) is 5.13 Å². The Kier molecular flexibility index (Phi) is 8.08. The first-order valence-electron chi connectivity index (χ1n) is 9.61. The number of carbonyl (C=O) groups excluding carboxylic acids is 2. The van der Waals surface area contributed by atoms with Crippen LogP contribution < -0.4 is 16.0 Å². The Labute approximate surface area is 179 Å². The maximum absolute atomic E-state index is 12.2. The maximum Gasteiger partial charge on any atom is 0.230 e. The Hall–Kier alpha value is -3.07. The first kappa shape index (κ1) is 21.6. The van der Waals surface area contributed by atoms with Crippen molar-refractivity contribution in [2.75, 3.05) is 23.7 Å². The number of thiazole rings is 1. The SMILES string of the molecule is O=CNc1nc(CC(=O)Nc2ccc(CCNC[C@H](O)c3ccccc3)cc2)cs1. The summed E-state index contributed by atoms with van der Waals surface area (Å²) in [6, 6.07) is 17.3. The van der Waals surface area contributed by atoms with Crippen molar-refractivity contribution < 1.29 is 14.7 Å². The van der Waals surface area contributed by atoms with Crippen LogP contribution in [0.2, 0.25) is 0 Å². The van der Waals surface area contributed by atoms with E-state index in [9.17, 15) is 14.7 Å². The molecule has 4 N–H and O–H groups in total. The summed E-state index contributed by atoms with van der Waals surface area (Å²) in [5.74, 6) is -0.165. The van der Waals surface area contributed by atoms with E-state index in [0.717, 1.165) is 29.8 Å². The highest BCUT2D eigenvalue weighted by atomic mass is 32.1. The Bertz CT molecular complexity index is 945. The van der Waals surface area contributed by atoms with Gasteiger partial charge < -0.3 is 21.1 Å². The number of hydrogen-bond acceptors (Lipinski definition) is 6. The fourth-order valence-electron chi connectivity index (χ4n) is 2.89. The third-order valence-electron chi connectivity index (χ3n) is 4.43. The van der Waals surface area contributed by atoms with Crippen LogP contribution in [0.4, 0.5) is 10.8 Å². The second-order valence-corrected chi connectivity index (χ2v) is 7.57. The molecule has 7 nitrogen and oxygen atoms in total. The molecule has 0 unspecified atom stereocenters. The first-order valence-corrected chi connectivity index (χ1v) is 10.5. The van der Waals surface area contributed by atoms with Gasteiger partial charge in [-0.1, -0.05) is 42.5 Å². The molecule has 30 heavy (non-hydrogen) atoms. The number of aliphatic hydroxyl groups excluding tert-OH is 1. The number of anilines is 2. The molecule has 0 aliphatic carbocycles. The molecular formula is C22H24N4O3S. The summed E-state index contributed by atoms with van der Waals surface area (Å²) >= 11 is 1.28. The topological polar surface area (TPSA) is 103 Å². The largest absolute Gasteiger partial charge is 0.387 e. The molecule has 0 fully saturated rings. The Morgan fingerprint density at radius 2 is 1.90 bits per heavy atom. The Morgan fingerprint density at radius 3 is 2.63 bits per heavy atom. The number of aliphatic hydroxyl groups is 1. The number of rotatable bonds is 11. The predicted molar refractivity (Wildman–Crippen MR) is 119 cm³/mol. The molecule has 1 atom stereocenters. The number of aromatic nitrogens is 1. The fraction of sp³-hybridized carbons (Fsp3) is 0.227. The number of benzene rings is 2. The number of carbonyl (C=O) groups is 2. The van der Waals surface area contributed by atoms with Gasteiger partial charge >= 0.3 is 0 Å². The van der Waals surface area contributed by atoms with Crippen LogP contribution in [0.25, 0.3) is 0 Å². The molecule has 0 radical (unpaired) electrons. The summed E-state index contributed by atoms with van der Waals surface area (Å²) in [4.78, 5) is 26.7. The van der Waals surface area contributed by atoms with E-state index in [2.05, 4.69) is 20.9 Å². The summed E-state index contributed by atoms with van der Waals surface area (Å²) in [5.41, 5.74) is 3.37. The number of amides is 2. The second-order valence-electron chi connectivity index (χ2n) is 6.71. The molecule has 156 valence electrons. The summed E-state index contributed by atoms with van der Waals surface area (Å²) in [6.45, 7) is 1.25. The summed E-state index contributed by atoms with van der Waals surface area (Å²) < 4.78 is 0. The minimum atomic E-state index is -0.521. The van der Waals surface area contributed by atoms with Crippen molar-refractivity contribution in [3.8, 4) is 0 Å². The molecule has 1 aromatic heterocycles. The lowest BCUT2D eigenvalue weighted by Gasteiger charge is -2.12. The van der Waals surface area contributed by atoms with Gasteiger partial charge in [0.1, 0.15) is 0 Å². The van der Waals surface area contributed by atoms with Gasteiger partial charge in [-0.15, -0.1) is 11.3 Å². The van der Waals surface area contributed by atoms with Gasteiger partial charge in [0.2, 0.25) is 12.3 Å². The lowest BCUT2D eigenvalue weighted by atomic mass is 10.1.